The third-order valence-electron chi connectivity index (χ3n) is 3.61. The molecule has 1 amide bonds. The SMILES string of the molecule is C=CCNCC(=O)NC(c1cccs1)C1CCCC1. The minimum atomic E-state index is 0.0761. The van der Waals surface area contributed by atoms with Crippen molar-refractivity contribution < 1.29 is 4.79 Å². The molecule has 1 heterocycles. The summed E-state index contributed by atoms with van der Waals surface area (Å²) in [6.07, 6.45) is 6.79. The molecule has 2 N–H and O–H groups in total. The fraction of sp³-hybridized carbons (Fsp3) is 0.533. The van der Waals surface area contributed by atoms with Crippen molar-refractivity contribution in [3.63, 3.8) is 0 Å². The predicted molar refractivity (Wildman–Crippen MR) is 80.2 cm³/mol. The second kappa shape index (κ2) is 7.46. The summed E-state index contributed by atoms with van der Waals surface area (Å²) in [5.41, 5.74) is 0. The minimum absolute atomic E-state index is 0.0761. The van der Waals surface area contributed by atoms with Crippen LogP contribution in [0.5, 0.6) is 0 Å². The number of nitrogens with one attached hydrogen (secondary N) is 2. The molecule has 0 aromatic carbocycles. The van der Waals surface area contributed by atoms with Gasteiger partial charge in [0.15, 0.2) is 0 Å². The fourth-order valence-electron chi connectivity index (χ4n) is 2.69. The average molecular weight is 278 g/mol. The van der Waals surface area contributed by atoms with Gasteiger partial charge in [0.2, 0.25) is 5.91 Å². The molecular formula is C15H22N2OS. The third-order valence-corrected chi connectivity index (χ3v) is 4.57. The number of amides is 1. The first-order chi connectivity index (χ1) is 9.31. The Morgan fingerprint density at radius 3 is 2.95 bits per heavy atom. The van der Waals surface area contributed by atoms with E-state index >= 15 is 0 Å². The zero-order valence-electron chi connectivity index (χ0n) is 11.2. The van der Waals surface area contributed by atoms with E-state index < -0.39 is 0 Å². The van der Waals surface area contributed by atoms with E-state index in [1.165, 1.54) is 30.6 Å². The van der Waals surface area contributed by atoms with E-state index in [2.05, 4.69) is 34.7 Å². The van der Waals surface area contributed by atoms with Gasteiger partial charge in [-0.25, -0.2) is 0 Å². The van der Waals surface area contributed by atoms with Gasteiger partial charge in [0, 0.05) is 11.4 Å². The van der Waals surface area contributed by atoms with Crippen LogP contribution in [0.15, 0.2) is 30.2 Å². The lowest BCUT2D eigenvalue weighted by atomic mass is 9.96. The van der Waals surface area contributed by atoms with Crippen LogP contribution in [0.3, 0.4) is 0 Å². The first-order valence-electron chi connectivity index (χ1n) is 6.95. The number of hydrogen-bond acceptors (Lipinski definition) is 3. The van der Waals surface area contributed by atoms with E-state index in [-0.39, 0.29) is 11.9 Å². The summed E-state index contributed by atoms with van der Waals surface area (Å²) in [6, 6.07) is 4.38. The van der Waals surface area contributed by atoms with Gasteiger partial charge >= 0.3 is 0 Å². The molecule has 1 aliphatic rings. The predicted octanol–water partition coefficient (Wildman–Crippen LogP) is 2.87. The maximum absolute atomic E-state index is 12.0. The normalized spacial score (nSPS) is 17.3. The van der Waals surface area contributed by atoms with Crippen molar-refractivity contribution in [1.82, 2.24) is 10.6 Å². The molecule has 1 aromatic heterocycles. The van der Waals surface area contributed by atoms with Crippen molar-refractivity contribution in [3.05, 3.63) is 35.0 Å². The van der Waals surface area contributed by atoms with Crippen LogP contribution in [0.1, 0.15) is 36.6 Å². The zero-order valence-corrected chi connectivity index (χ0v) is 12.0. The number of thiophene rings is 1. The summed E-state index contributed by atoms with van der Waals surface area (Å²) in [6.45, 7) is 4.66. The molecule has 1 fully saturated rings. The molecule has 1 unspecified atom stereocenters. The van der Waals surface area contributed by atoms with Gasteiger partial charge in [-0.15, -0.1) is 17.9 Å². The number of hydrogen-bond donors (Lipinski definition) is 2. The summed E-state index contributed by atoms with van der Waals surface area (Å²) in [5.74, 6) is 0.675. The van der Waals surface area contributed by atoms with Gasteiger partial charge in [0.05, 0.1) is 12.6 Å². The second-order valence-corrected chi connectivity index (χ2v) is 6.00. The molecular weight excluding hydrogens is 256 g/mol. The Morgan fingerprint density at radius 2 is 2.32 bits per heavy atom. The van der Waals surface area contributed by atoms with Crippen LogP contribution in [0.4, 0.5) is 0 Å². The summed E-state index contributed by atoms with van der Waals surface area (Å²) < 4.78 is 0. The van der Waals surface area contributed by atoms with Gasteiger partial charge < -0.3 is 10.6 Å². The summed E-state index contributed by atoms with van der Waals surface area (Å²) in [7, 11) is 0. The summed E-state index contributed by atoms with van der Waals surface area (Å²) in [4.78, 5) is 13.3. The molecule has 1 atom stereocenters. The van der Waals surface area contributed by atoms with Crippen LogP contribution in [0, 0.1) is 5.92 Å². The van der Waals surface area contributed by atoms with E-state index in [0.29, 0.717) is 19.0 Å². The van der Waals surface area contributed by atoms with E-state index in [4.69, 9.17) is 0 Å². The Bertz CT molecular complexity index is 396. The van der Waals surface area contributed by atoms with Crippen LogP contribution < -0.4 is 10.6 Å². The lowest BCUT2D eigenvalue weighted by Crippen LogP contribution is -2.38. The van der Waals surface area contributed by atoms with Gasteiger partial charge in [-0.05, 0) is 30.2 Å². The van der Waals surface area contributed by atoms with Crippen molar-refractivity contribution in [2.24, 2.45) is 5.92 Å². The van der Waals surface area contributed by atoms with Crippen LogP contribution in [-0.2, 0) is 4.79 Å². The molecule has 4 heteroatoms. The second-order valence-electron chi connectivity index (χ2n) is 5.02. The third kappa shape index (κ3) is 4.18. The van der Waals surface area contributed by atoms with Gasteiger partial charge in [0.1, 0.15) is 0 Å². The Hall–Kier alpha value is -1.13. The van der Waals surface area contributed by atoms with Gasteiger partial charge in [-0.3, -0.25) is 4.79 Å². The number of rotatable bonds is 7. The molecule has 3 nitrogen and oxygen atoms in total. The molecule has 0 saturated heterocycles. The highest BCUT2D eigenvalue weighted by Gasteiger charge is 2.28. The standard InChI is InChI=1S/C15H22N2OS/c1-2-9-16-11-14(18)17-15(12-6-3-4-7-12)13-8-5-10-19-13/h2,5,8,10,12,15-16H,1,3-4,6-7,9,11H2,(H,17,18). The Balaban J connectivity index is 1.94. The Morgan fingerprint density at radius 1 is 1.53 bits per heavy atom. The Labute approximate surface area is 119 Å². The van der Waals surface area contributed by atoms with E-state index in [1.54, 1.807) is 17.4 Å². The number of carbonyl (C=O) groups is 1. The van der Waals surface area contributed by atoms with Crippen molar-refractivity contribution in [2.75, 3.05) is 13.1 Å². The molecule has 1 aliphatic carbocycles. The smallest absolute Gasteiger partial charge is 0.234 e. The maximum atomic E-state index is 12.0. The minimum Gasteiger partial charge on any atom is -0.347 e. The first kappa shape index (κ1) is 14.3. The molecule has 104 valence electrons. The highest BCUT2D eigenvalue weighted by atomic mass is 32.1. The topological polar surface area (TPSA) is 41.1 Å². The van der Waals surface area contributed by atoms with Crippen LogP contribution in [-0.4, -0.2) is 19.0 Å². The Kier molecular flexibility index (Phi) is 5.61. The molecule has 0 aliphatic heterocycles. The van der Waals surface area contributed by atoms with Gasteiger partial charge in [-0.2, -0.15) is 0 Å². The lowest BCUT2D eigenvalue weighted by molar-refractivity contribution is -0.121. The van der Waals surface area contributed by atoms with Crippen molar-refractivity contribution in [2.45, 2.75) is 31.7 Å². The molecule has 19 heavy (non-hydrogen) atoms. The highest BCUT2D eigenvalue weighted by molar-refractivity contribution is 7.10. The van der Waals surface area contributed by atoms with Crippen LogP contribution in [0.25, 0.3) is 0 Å². The maximum Gasteiger partial charge on any atom is 0.234 e. The van der Waals surface area contributed by atoms with Crippen molar-refractivity contribution in [1.29, 1.82) is 0 Å². The molecule has 1 aromatic rings. The van der Waals surface area contributed by atoms with Crippen molar-refractivity contribution in [3.8, 4) is 0 Å². The van der Waals surface area contributed by atoms with Crippen LogP contribution in [0.2, 0.25) is 0 Å². The summed E-state index contributed by atoms with van der Waals surface area (Å²) >= 11 is 1.74. The number of carbonyl (C=O) groups excluding carboxylic acids is 1. The highest BCUT2D eigenvalue weighted by Crippen LogP contribution is 2.37. The zero-order chi connectivity index (χ0) is 13.5. The molecule has 2 rings (SSSR count). The largest absolute Gasteiger partial charge is 0.347 e. The van der Waals surface area contributed by atoms with Gasteiger partial charge in [-0.1, -0.05) is 25.0 Å². The van der Waals surface area contributed by atoms with E-state index in [0.717, 1.165) is 0 Å². The van der Waals surface area contributed by atoms with E-state index in [1.807, 2.05) is 0 Å². The quantitative estimate of drug-likeness (QED) is 0.595. The summed E-state index contributed by atoms with van der Waals surface area (Å²) in [5, 5.41) is 8.33. The van der Waals surface area contributed by atoms with E-state index in [9.17, 15) is 4.79 Å². The first-order valence-corrected chi connectivity index (χ1v) is 7.83. The van der Waals surface area contributed by atoms with Crippen LogP contribution >= 0.6 is 11.3 Å². The average Bonchev–Trinajstić information content (AvgIpc) is 3.09. The molecule has 0 spiro atoms. The molecule has 0 radical (unpaired) electrons. The molecule has 1 saturated carbocycles. The fourth-order valence-corrected chi connectivity index (χ4v) is 3.56. The van der Waals surface area contributed by atoms with Crippen molar-refractivity contribution >= 4 is 17.2 Å². The molecule has 0 bridgehead atoms. The monoisotopic (exact) mass is 278 g/mol. The lowest BCUT2D eigenvalue weighted by Gasteiger charge is -2.23. The van der Waals surface area contributed by atoms with Gasteiger partial charge in [0.25, 0.3) is 0 Å².